The van der Waals surface area contributed by atoms with Crippen LogP contribution in [0.2, 0.25) is 0 Å². The number of benzene rings is 1. The highest BCUT2D eigenvalue weighted by atomic mass is 32.2. The Kier molecular flexibility index (Phi) is 7.85. The van der Waals surface area contributed by atoms with Crippen LogP contribution in [0.15, 0.2) is 41.2 Å². The Balaban J connectivity index is 1.51. The van der Waals surface area contributed by atoms with Gasteiger partial charge < -0.3 is 10.2 Å². The Bertz CT molecular complexity index is 1360. The molecule has 0 unspecified atom stereocenters. The van der Waals surface area contributed by atoms with Crippen LogP contribution in [0.5, 0.6) is 0 Å². The molecular formula is C31H40N4O3S. The third-order valence-electron chi connectivity index (χ3n) is 9.75. The summed E-state index contributed by atoms with van der Waals surface area (Å²) >= 11 is 0. The zero-order chi connectivity index (χ0) is 27.7. The van der Waals surface area contributed by atoms with Gasteiger partial charge in [-0.3, -0.25) is 9.69 Å². The SMILES string of the molecule is [C-]#[N+]C1=CCC(C(=O)Nc2ccc(C(CC)(CC)N3CCS(=O)(=O)CC3)cc2C2=CCC3(CCCC3)CC2)=N1. The zero-order valence-corrected chi connectivity index (χ0v) is 24.1. The summed E-state index contributed by atoms with van der Waals surface area (Å²) < 4.78 is 24.4. The molecule has 2 heterocycles. The second kappa shape index (κ2) is 11.0. The standard InChI is InChI=1S/C31H40N4O3S/c1-4-31(5-2,35-18-20-39(37,38)21-19-35)24-8-9-26(34-29(36)27-10-11-28(32-3)33-27)25(22-24)23-12-16-30(17-13-23)14-6-7-15-30/h8-9,11-12,22H,4-7,10,13-21H2,1-2H3,(H,34,36). The van der Waals surface area contributed by atoms with Gasteiger partial charge in [0.1, 0.15) is 0 Å². The number of carbonyl (C=O) groups is 1. The fourth-order valence-corrected chi connectivity index (χ4v) is 8.43. The van der Waals surface area contributed by atoms with Gasteiger partial charge in [-0.2, -0.15) is 0 Å². The molecule has 39 heavy (non-hydrogen) atoms. The predicted octanol–water partition coefficient (Wildman–Crippen LogP) is 6.10. The molecule has 1 aromatic rings. The van der Waals surface area contributed by atoms with Gasteiger partial charge in [-0.1, -0.05) is 51.5 Å². The first kappa shape index (κ1) is 27.8. The highest BCUT2D eigenvalue weighted by Gasteiger charge is 2.40. The second-order valence-electron chi connectivity index (χ2n) is 11.7. The van der Waals surface area contributed by atoms with Gasteiger partial charge in [-0.05, 0) is 73.6 Å². The van der Waals surface area contributed by atoms with E-state index in [2.05, 4.69) is 52.1 Å². The molecule has 0 bridgehead atoms. The lowest BCUT2D eigenvalue weighted by molar-refractivity contribution is -0.110. The van der Waals surface area contributed by atoms with E-state index in [4.69, 9.17) is 6.57 Å². The van der Waals surface area contributed by atoms with Crippen LogP contribution in [0.25, 0.3) is 10.4 Å². The van der Waals surface area contributed by atoms with Crippen molar-refractivity contribution in [1.82, 2.24) is 4.90 Å². The van der Waals surface area contributed by atoms with Crippen molar-refractivity contribution in [3.63, 3.8) is 0 Å². The lowest BCUT2D eigenvalue weighted by Crippen LogP contribution is -2.52. The van der Waals surface area contributed by atoms with E-state index < -0.39 is 9.84 Å². The van der Waals surface area contributed by atoms with Gasteiger partial charge >= 0.3 is 0 Å². The highest BCUT2D eigenvalue weighted by Crippen LogP contribution is 2.50. The average Bonchev–Trinajstić information content (AvgIpc) is 3.62. The number of nitrogens with zero attached hydrogens (tertiary/aromatic N) is 3. The molecule has 8 heteroatoms. The molecule has 7 nitrogen and oxygen atoms in total. The fraction of sp³-hybridized carbons (Fsp3) is 0.581. The number of sulfone groups is 1. The van der Waals surface area contributed by atoms with Crippen LogP contribution in [0.3, 0.4) is 0 Å². The topological polar surface area (TPSA) is 83.2 Å². The molecule has 1 spiro atoms. The van der Waals surface area contributed by atoms with Crippen LogP contribution in [0.1, 0.15) is 89.2 Å². The van der Waals surface area contributed by atoms with Gasteiger partial charge in [0, 0.05) is 36.3 Å². The Hall–Kier alpha value is -2.76. The number of amides is 1. The van der Waals surface area contributed by atoms with E-state index in [1.165, 1.54) is 43.2 Å². The normalized spacial score (nSPS) is 22.6. The first-order valence-electron chi connectivity index (χ1n) is 14.5. The van der Waals surface area contributed by atoms with E-state index in [0.717, 1.165) is 36.9 Å². The highest BCUT2D eigenvalue weighted by molar-refractivity contribution is 7.91. The largest absolute Gasteiger partial charge is 0.361 e. The van der Waals surface area contributed by atoms with Crippen molar-refractivity contribution in [3.8, 4) is 0 Å². The maximum absolute atomic E-state index is 13.2. The summed E-state index contributed by atoms with van der Waals surface area (Å²) in [4.78, 5) is 23.1. The number of hydrogen-bond acceptors (Lipinski definition) is 5. The summed E-state index contributed by atoms with van der Waals surface area (Å²) in [5.41, 5.74) is 4.84. The summed E-state index contributed by atoms with van der Waals surface area (Å²) in [6, 6.07) is 6.38. The first-order valence-corrected chi connectivity index (χ1v) is 16.3. The van der Waals surface area contributed by atoms with Crippen molar-refractivity contribution in [1.29, 1.82) is 0 Å². The van der Waals surface area contributed by atoms with Gasteiger partial charge in [-0.15, -0.1) is 4.99 Å². The second-order valence-corrected chi connectivity index (χ2v) is 14.0. The van der Waals surface area contributed by atoms with E-state index in [-0.39, 0.29) is 28.8 Å². The minimum Gasteiger partial charge on any atom is -0.361 e. The molecule has 0 aromatic heterocycles. The molecule has 0 radical (unpaired) electrons. The number of rotatable bonds is 7. The van der Waals surface area contributed by atoms with E-state index in [9.17, 15) is 13.2 Å². The van der Waals surface area contributed by atoms with Crippen molar-refractivity contribution >= 4 is 32.7 Å². The van der Waals surface area contributed by atoms with E-state index in [1.54, 1.807) is 6.08 Å². The molecule has 0 atom stereocenters. The lowest BCUT2D eigenvalue weighted by atomic mass is 9.72. The minimum absolute atomic E-state index is 0.200. The van der Waals surface area contributed by atoms with Crippen LogP contribution in [-0.2, 0) is 20.2 Å². The monoisotopic (exact) mass is 548 g/mol. The van der Waals surface area contributed by atoms with Gasteiger partial charge in [0.05, 0.1) is 11.5 Å². The van der Waals surface area contributed by atoms with Gasteiger partial charge in [-0.25, -0.2) is 8.42 Å². The van der Waals surface area contributed by atoms with Crippen LogP contribution >= 0.6 is 0 Å². The number of hydrogen-bond donors (Lipinski definition) is 1. The molecular weight excluding hydrogens is 508 g/mol. The summed E-state index contributed by atoms with van der Waals surface area (Å²) in [7, 11) is -2.98. The molecule has 2 aliphatic carbocycles. The molecule has 1 N–H and O–H groups in total. The number of anilines is 1. The Morgan fingerprint density at radius 3 is 2.44 bits per heavy atom. The molecule has 1 saturated carbocycles. The summed E-state index contributed by atoms with van der Waals surface area (Å²) in [5.74, 6) is 0.408. The Labute approximate surface area is 233 Å². The number of aliphatic imine (C=N–C) groups is 1. The third kappa shape index (κ3) is 5.49. The van der Waals surface area contributed by atoms with Crippen molar-refractivity contribution in [2.45, 2.75) is 83.6 Å². The van der Waals surface area contributed by atoms with Crippen LogP contribution in [0, 0.1) is 12.0 Å². The van der Waals surface area contributed by atoms with Crippen molar-refractivity contribution in [3.05, 3.63) is 58.7 Å². The molecule has 2 aliphatic heterocycles. The average molecular weight is 549 g/mol. The Morgan fingerprint density at radius 1 is 1.13 bits per heavy atom. The van der Waals surface area contributed by atoms with Crippen LogP contribution in [0.4, 0.5) is 5.69 Å². The zero-order valence-electron chi connectivity index (χ0n) is 23.3. The van der Waals surface area contributed by atoms with Crippen LogP contribution in [-0.4, -0.2) is 49.5 Å². The van der Waals surface area contributed by atoms with Crippen molar-refractivity contribution < 1.29 is 13.2 Å². The molecule has 5 rings (SSSR count). The molecule has 4 aliphatic rings. The Morgan fingerprint density at radius 2 is 1.85 bits per heavy atom. The maximum Gasteiger partial charge on any atom is 0.293 e. The third-order valence-corrected chi connectivity index (χ3v) is 11.4. The summed E-state index contributed by atoms with van der Waals surface area (Å²) in [5, 5.41) is 3.12. The van der Waals surface area contributed by atoms with Gasteiger partial charge in [0.2, 0.25) is 0 Å². The molecule has 1 aromatic carbocycles. The number of nitrogens with one attached hydrogen (secondary N) is 1. The first-order chi connectivity index (χ1) is 18.7. The fourth-order valence-electron chi connectivity index (χ4n) is 7.23. The van der Waals surface area contributed by atoms with E-state index >= 15 is 0 Å². The van der Waals surface area contributed by atoms with Crippen molar-refractivity contribution in [2.75, 3.05) is 29.9 Å². The quantitative estimate of drug-likeness (QED) is 0.417. The smallest absolute Gasteiger partial charge is 0.293 e. The maximum atomic E-state index is 13.2. The molecule has 1 saturated heterocycles. The van der Waals surface area contributed by atoms with Crippen molar-refractivity contribution in [2.24, 2.45) is 10.4 Å². The number of carbonyl (C=O) groups excluding carboxylic acids is 1. The lowest BCUT2D eigenvalue weighted by Gasteiger charge is -2.46. The van der Waals surface area contributed by atoms with Crippen LogP contribution < -0.4 is 5.32 Å². The van der Waals surface area contributed by atoms with E-state index in [1.807, 2.05) is 6.07 Å². The predicted molar refractivity (Wildman–Crippen MR) is 157 cm³/mol. The summed E-state index contributed by atoms with van der Waals surface area (Å²) in [6.45, 7) is 12.6. The van der Waals surface area contributed by atoms with E-state index in [0.29, 0.717) is 30.6 Å². The summed E-state index contributed by atoms with van der Waals surface area (Å²) in [6.07, 6.45) is 14.7. The minimum atomic E-state index is -2.98. The molecule has 2 fully saturated rings. The molecule has 208 valence electrons. The van der Waals surface area contributed by atoms with Gasteiger partial charge in [0.15, 0.2) is 15.5 Å². The molecule has 1 amide bonds. The van der Waals surface area contributed by atoms with Gasteiger partial charge in [0.25, 0.3) is 11.7 Å². The number of allylic oxidation sites excluding steroid dienone is 3.